The number of carbonyl (C=O) groups is 2. The summed E-state index contributed by atoms with van der Waals surface area (Å²) in [6.45, 7) is 10.6. The fourth-order valence-electron chi connectivity index (χ4n) is 2.36. The molecule has 0 bridgehead atoms. The van der Waals surface area contributed by atoms with E-state index < -0.39 is 11.7 Å². The van der Waals surface area contributed by atoms with Gasteiger partial charge in [0.05, 0.1) is 0 Å². The van der Waals surface area contributed by atoms with Crippen LogP contribution in [0.5, 0.6) is 0 Å². The lowest BCUT2D eigenvalue weighted by atomic mass is 10.0. The molecule has 0 radical (unpaired) electrons. The largest absolute Gasteiger partial charge is 0.444 e. The van der Waals surface area contributed by atoms with Crippen LogP contribution in [-0.2, 0) is 14.3 Å². The first kappa shape index (κ1) is 18.7. The molecule has 2 amide bonds. The van der Waals surface area contributed by atoms with E-state index in [0.29, 0.717) is 19.1 Å². The lowest BCUT2D eigenvalue weighted by Gasteiger charge is -2.24. The van der Waals surface area contributed by atoms with Gasteiger partial charge in [0, 0.05) is 19.2 Å². The fourth-order valence-corrected chi connectivity index (χ4v) is 2.36. The Kier molecular flexibility index (Phi) is 7.13. The summed E-state index contributed by atoms with van der Waals surface area (Å²) in [6, 6.07) is -0.121. The van der Waals surface area contributed by atoms with Gasteiger partial charge in [-0.2, -0.15) is 0 Å². The minimum absolute atomic E-state index is 0.0888. The number of rotatable bonds is 6. The van der Waals surface area contributed by atoms with Crippen LogP contribution in [0.15, 0.2) is 0 Å². The minimum atomic E-state index is -0.529. The number of carbonyl (C=O) groups excluding carboxylic acids is 2. The predicted octanol–water partition coefficient (Wildman–Crippen LogP) is 2.22. The maximum atomic E-state index is 12.1. The fraction of sp³-hybridized carbons (Fsp3) is 0.875. The molecule has 1 heterocycles. The summed E-state index contributed by atoms with van der Waals surface area (Å²) >= 11 is 0. The van der Waals surface area contributed by atoms with E-state index in [1.165, 1.54) is 0 Å². The molecule has 1 aliphatic rings. The maximum absolute atomic E-state index is 12.1. The van der Waals surface area contributed by atoms with E-state index in [9.17, 15) is 9.59 Å². The molecule has 1 aliphatic heterocycles. The molecule has 0 aromatic heterocycles. The highest BCUT2D eigenvalue weighted by Crippen LogP contribution is 2.13. The Morgan fingerprint density at radius 1 is 1.32 bits per heavy atom. The minimum Gasteiger partial charge on any atom is -0.444 e. The van der Waals surface area contributed by atoms with Crippen molar-refractivity contribution in [3.05, 3.63) is 0 Å². The zero-order valence-corrected chi connectivity index (χ0v) is 14.4. The molecule has 0 aliphatic carbocycles. The average molecular weight is 314 g/mol. The lowest BCUT2D eigenvalue weighted by Crippen LogP contribution is -2.48. The monoisotopic (exact) mass is 314 g/mol. The molecular weight excluding hydrogens is 284 g/mol. The molecule has 0 spiro atoms. The van der Waals surface area contributed by atoms with Gasteiger partial charge in [-0.15, -0.1) is 0 Å². The van der Waals surface area contributed by atoms with Crippen molar-refractivity contribution in [2.45, 2.75) is 71.6 Å². The van der Waals surface area contributed by atoms with Crippen LogP contribution >= 0.6 is 0 Å². The number of nitrogens with one attached hydrogen (secondary N) is 2. The first-order chi connectivity index (χ1) is 10.2. The van der Waals surface area contributed by atoms with Crippen LogP contribution in [0.1, 0.15) is 53.9 Å². The van der Waals surface area contributed by atoms with Gasteiger partial charge in [-0.1, -0.05) is 13.8 Å². The summed E-state index contributed by atoms with van der Waals surface area (Å²) < 4.78 is 10.6. The molecule has 0 saturated carbocycles. The zero-order valence-electron chi connectivity index (χ0n) is 14.4. The molecule has 2 N–H and O–H groups in total. The van der Waals surface area contributed by atoms with Crippen molar-refractivity contribution >= 4 is 12.0 Å². The third-order valence-electron chi connectivity index (χ3n) is 3.22. The van der Waals surface area contributed by atoms with Crippen molar-refractivity contribution < 1.29 is 19.1 Å². The first-order valence-corrected chi connectivity index (χ1v) is 8.06. The Hall–Kier alpha value is -1.30. The van der Waals surface area contributed by atoms with Crippen LogP contribution in [0.2, 0.25) is 0 Å². The molecule has 1 fully saturated rings. The highest BCUT2D eigenvalue weighted by Gasteiger charge is 2.26. The van der Waals surface area contributed by atoms with E-state index in [-0.39, 0.29) is 18.1 Å². The lowest BCUT2D eigenvalue weighted by molar-refractivity contribution is -0.130. The molecule has 1 saturated heterocycles. The van der Waals surface area contributed by atoms with Gasteiger partial charge >= 0.3 is 6.09 Å². The van der Waals surface area contributed by atoms with Crippen LogP contribution in [0.4, 0.5) is 4.79 Å². The van der Waals surface area contributed by atoms with Crippen molar-refractivity contribution in [3.63, 3.8) is 0 Å². The zero-order chi connectivity index (χ0) is 16.8. The average Bonchev–Trinajstić information content (AvgIpc) is 2.86. The molecule has 1 rings (SSSR count). The molecule has 6 nitrogen and oxygen atoms in total. The smallest absolute Gasteiger partial charge is 0.407 e. The quantitative estimate of drug-likeness (QED) is 0.788. The second-order valence-corrected chi connectivity index (χ2v) is 7.22. The van der Waals surface area contributed by atoms with E-state index in [1.807, 2.05) is 20.8 Å². The van der Waals surface area contributed by atoms with Crippen molar-refractivity contribution in [2.24, 2.45) is 5.92 Å². The second kappa shape index (κ2) is 8.36. The van der Waals surface area contributed by atoms with Gasteiger partial charge < -0.3 is 20.1 Å². The van der Waals surface area contributed by atoms with E-state index in [2.05, 4.69) is 24.5 Å². The molecule has 22 heavy (non-hydrogen) atoms. The Morgan fingerprint density at radius 3 is 2.50 bits per heavy atom. The molecular formula is C16H30N2O4. The normalized spacial score (nSPS) is 19.8. The maximum Gasteiger partial charge on any atom is 0.407 e. The molecule has 0 unspecified atom stereocenters. The van der Waals surface area contributed by atoms with Crippen LogP contribution in [0.25, 0.3) is 0 Å². The van der Waals surface area contributed by atoms with Gasteiger partial charge in [0.25, 0.3) is 0 Å². The number of hydrogen-bond acceptors (Lipinski definition) is 4. The molecule has 0 aromatic rings. The Bertz CT molecular complexity index is 371. The number of ether oxygens (including phenoxy) is 2. The molecule has 128 valence electrons. The standard InChI is InChI=1S/C16H30N2O4/c1-11(2)9-12(10-17-15(20)22-16(3,4)5)18-14(19)13-7-6-8-21-13/h11-13H,6-10H2,1-5H3,(H,17,20)(H,18,19)/t12-,13+/m0/s1. The number of alkyl carbamates (subject to hydrolysis) is 1. The highest BCUT2D eigenvalue weighted by atomic mass is 16.6. The molecule has 0 aromatic carbocycles. The van der Waals surface area contributed by atoms with Crippen LogP contribution < -0.4 is 10.6 Å². The Balaban J connectivity index is 2.46. The summed E-state index contributed by atoms with van der Waals surface area (Å²) in [4.78, 5) is 23.9. The summed E-state index contributed by atoms with van der Waals surface area (Å²) in [5, 5.41) is 5.70. The van der Waals surface area contributed by atoms with Crippen molar-refractivity contribution in [1.29, 1.82) is 0 Å². The van der Waals surface area contributed by atoms with E-state index in [4.69, 9.17) is 9.47 Å². The summed E-state index contributed by atoms with van der Waals surface area (Å²) in [7, 11) is 0. The van der Waals surface area contributed by atoms with Crippen LogP contribution in [0, 0.1) is 5.92 Å². The van der Waals surface area contributed by atoms with Crippen molar-refractivity contribution in [2.75, 3.05) is 13.2 Å². The SMILES string of the molecule is CC(C)C[C@@H](CNC(=O)OC(C)(C)C)NC(=O)[C@H]1CCCO1. The highest BCUT2D eigenvalue weighted by molar-refractivity contribution is 5.81. The first-order valence-electron chi connectivity index (χ1n) is 8.06. The van der Waals surface area contributed by atoms with Gasteiger partial charge in [-0.05, 0) is 46.0 Å². The van der Waals surface area contributed by atoms with Crippen LogP contribution in [-0.4, -0.2) is 42.9 Å². The number of amides is 2. The summed E-state index contributed by atoms with van der Waals surface area (Å²) in [6.07, 6.45) is 1.65. The topological polar surface area (TPSA) is 76.7 Å². The predicted molar refractivity (Wildman–Crippen MR) is 84.6 cm³/mol. The van der Waals surface area contributed by atoms with Crippen LogP contribution in [0.3, 0.4) is 0 Å². The third kappa shape index (κ3) is 7.64. The van der Waals surface area contributed by atoms with E-state index in [1.54, 1.807) is 0 Å². The Labute approximate surface area is 133 Å². The van der Waals surface area contributed by atoms with Crippen molar-refractivity contribution in [1.82, 2.24) is 10.6 Å². The third-order valence-corrected chi connectivity index (χ3v) is 3.22. The summed E-state index contributed by atoms with van der Waals surface area (Å²) in [5.41, 5.74) is -0.529. The van der Waals surface area contributed by atoms with Gasteiger partial charge in [0.15, 0.2) is 0 Å². The number of hydrogen-bond donors (Lipinski definition) is 2. The molecule has 6 heteroatoms. The van der Waals surface area contributed by atoms with Gasteiger partial charge in [-0.25, -0.2) is 4.79 Å². The molecule has 2 atom stereocenters. The second-order valence-electron chi connectivity index (χ2n) is 7.22. The van der Waals surface area contributed by atoms with Gasteiger partial charge in [0.2, 0.25) is 5.91 Å². The van der Waals surface area contributed by atoms with E-state index in [0.717, 1.165) is 19.3 Å². The van der Waals surface area contributed by atoms with Crippen molar-refractivity contribution in [3.8, 4) is 0 Å². The Morgan fingerprint density at radius 2 is 2.00 bits per heavy atom. The van der Waals surface area contributed by atoms with E-state index >= 15 is 0 Å². The summed E-state index contributed by atoms with van der Waals surface area (Å²) in [5.74, 6) is 0.323. The van der Waals surface area contributed by atoms with Gasteiger partial charge in [0.1, 0.15) is 11.7 Å². The van der Waals surface area contributed by atoms with Gasteiger partial charge in [-0.3, -0.25) is 4.79 Å².